The first-order chi connectivity index (χ1) is 10.1. The Morgan fingerprint density at radius 1 is 1.38 bits per heavy atom. The highest BCUT2D eigenvalue weighted by Crippen LogP contribution is 2.16. The molecule has 5 nitrogen and oxygen atoms in total. The van der Waals surface area contributed by atoms with Gasteiger partial charge in [0.25, 0.3) is 5.91 Å². The highest BCUT2D eigenvalue weighted by molar-refractivity contribution is 5.97. The van der Waals surface area contributed by atoms with Gasteiger partial charge in [-0.05, 0) is 37.5 Å². The number of rotatable bonds is 4. The summed E-state index contributed by atoms with van der Waals surface area (Å²) in [6, 6.07) is 4.87. The van der Waals surface area contributed by atoms with Crippen molar-refractivity contribution in [3.63, 3.8) is 0 Å². The van der Waals surface area contributed by atoms with Crippen molar-refractivity contribution in [1.82, 2.24) is 10.6 Å². The van der Waals surface area contributed by atoms with Crippen molar-refractivity contribution < 1.29 is 23.1 Å². The number of ether oxygens (including phenoxy) is 1. The van der Waals surface area contributed by atoms with Crippen LogP contribution in [0, 0.1) is 0 Å². The molecule has 114 valence electrons. The molecule has 2 amide bonds. The van der Waals surface area contributed by atoms with Crippen molar-refractivity contribution in [3.05, 3.63) is 29.8 Å². The van der Waals surface area contributed by atoms with Crippen LogP contribution >= 0.6 is 0 Å². The number of halogens is 2. The van der Waals surface area contributed by atoms with Gasteiger partial charge in [-0.2, -0.15) is 8.78 Å². The lowest BCUT2D eigenvalue weighted by atomic mass is 10.1. The number of hydrogen-bond donors (Lipinski definition) is 2. The zero-order valence-electron chi connectivity index (χ0n) is 11.3. The van der Waals surface area contributed by atoms with Gasteiger partial charge in [0, 0.05) is 12.1 Å². The molecule has 2 N–H and O–H groups in total. The topological polar surface area (TPSA) is 67.4 Å². The number of carbonyl (C=O) groups excluding carboxylic acids is 2. The molecule has 0 saturated carbocycles. The lowest BCUT2D eigenvalue weighted by Gasteiger charge is -2.15. The average Bonchev–Trinajstić information content (AvgIpc) is 2.64. The van der Waals surface area contributed by atoms with Gasteiger partial charge in [0.2, 0.25) is 5.91 Å². The quantitative estimate of drug-likeness (QED) is 0.889. The van der Waals surface area contributed by atoms with E-state index in [1.54, 1.807) is 0 Å². The molecule has 1 saturated heterocycles. The summed E-state index contributed by atoms with van der Waals surface area (Å²) in [7, 11) is 0. The normalized spacial score (nSPS) is 18.8. The second kappa shape index (κ2) is 7.01. The van der Waals surface area contributed by atoms with Crippen LogP contribution in [-0.2, 0) is 4.79 Å². The smallest absolute Gasteiger partial charge is 0.387 e. The van der Waals surface area contributed by atoms with Crippen LogP contribution in [0.3, 0.4) is 0 Å². The zero-order chi connectivity index (χ0) is 15.2. The van der Waals surface area contributed by atoms with E-state index < -0.39 is 18.6 Å². The highest BCUT2D eigenvalue weighted by Gasteiger charge is 2.23. The van der Waals surface area contributed by atoms with Crippen LogP contribution in [0.1, 0.15) is 29.6 Å². The Hall–Kier alpha value is -2.18. The molecule has 1 aliphatic heterocycles. The van der Waals surface area contributed by atoms with Crippen molar-refractivity contribution in [2.75, 3.05) is 6.54 Å². The van der Waals surface area contributed by atoms with Crippen LogP contribution in [0.4, 0.5) is 8.78 Å². The summed E-state index contributed by atoms with van der Waals surface area (Å²) in [6.45, 7) is -2.35. The fraction of sp³-hybridized carbons (Fsp3) is 0.429. The van der Waals surface area contributed by atoms with E-state index in [2.05, 4.69) is 15.4 Å². The Bertz CT molecular complexity index is 523. The molecule has 1 fully saturated rings. The maximum absolute atomic E-state index is 12.1. The molecule has 0 spiro atoms. The summed E-state index contributed by atoms with van der Waals surface area (Å²) < 4.78 is 28.5. The molecule has 1 atom stereocenters. The minimum absolute atomic E-state index is 0.0945. The van der Waals surface area contributed by atoms with Crippen LogP contribution in [0.15, 0.2) is 24.3 Å². The third-order valence-electron chi connectivity index (χ3n) is 3.16. The van der Waals surface area contributed by atoms with E-state index in [-0.39, 0.29) is 17.2 Å². The van der Waals surface area contributed by atoms with Crippen molar-refractivity contribution >= 4 is 11.8 Å². The summed E-state index contributed by atoms with van der Waals surface area (Å²) in [4.78, 5) is 23.8. The average molecular weight is 298 g/mol. The van der Waals surface area contributed by atoms with Gasteiger partial charge >= 0.3 is 6.61 Å². The number of carbonyl (C=O) groups is 2. The molecule has 1 heterocycles. The zero-order valence-corrected chi connectivity index (χ0v) is 11.3. The van der Waals surface area contributed by atoms with Crippen LogP contribution in [0.2, 0.25) is 0 Å². The molecule has 0 aromatic heterocycles. The van der Waals surface area contributed by atoms with E-state index >= 15 is 0 Å². The van der Waals surface area contributed by atoms with Crippen molar-refractivity contribution in [2.24, 2.45) is 0 Å². The van der Waals surface area contributed by atoms with Gasteiger partial charge < -0.3 is 15.4 Å². The molecular formula is C14H16F2N2O3. The number of benzene rings is 1. The molecule has 0 aliphatic carbocycles. The Morgan fingerprint density at radius 2 is 2.19 bits per heavy atom. The Morgan fingerprint density at radius 3 is 2.95 bits per heavy atom. The standard InChI is InChI=1S/C14H16F2N2O3/c15-14(16)21-10-5-3-4-9(8-10)12(19)18-11-6-1-2-7-17-13(11)20/h3-5,8,11,14H,1-2,6-7H2,(H,17,20)(H,18,19)/t11-/m0/s1. The van der Waals surface area contributed by atoms with Gasteiger partial charge in [-0.15, -0.1) is 0 Å². The van der Waals surface area contributed by atoms with Gasteiger partial charge in [-0.3, -0.25) is 9.59 Å². The van der Waals surface area contributed by atoms with Crippen molar-refractivity contribution in [3.8, 4) is 5.75 Å². The number of amides is 2. The molecule has 0 radical (unpaired) electrons. The number of hydrogen-bond acceptors (Lipinski definition) is 3. The van der Waals surface area contributed by atoms with Gasteiger partial charge in [-0.25, -0.2) is 0 Å². The van der Waals surface area contributed by atoms with Crippen LogP contribution < -0.4 is 15.4 Å². The molecule has 1 aliphatic rings. The van der Waals surface area contributed by atoms with Gasteiger partial charge in [0.05, 0.1) is 0 Å². The first-order valence-electron chi connectivity index (χ1n) is 6.70. The Labute approximate surface area is 120 Å². The SMILES string of the molecule is O=C(N[C@H]1CCCCNC1=O)c1cccc(OC(F)F)c1. The summed E-state index contributed by atoms with van der Waals surface area (Å²) in [5.41, 5.74) is 0.171. The maximum atomic E-state index is 12.1. The van der Waals surface area contributed by atoms with Gasteiger partial charge in [0.15, 0.2) is 0 Å². The molecule has 2 rings (SSSR count). The van der Waals surface area contributed by atoms with E-state index in [9.17, 15) is 18.4 Å². The van der Waals surface area contributed by atoms with Crippen LogP contribution in [0.25, 0.3) is 0 Å². The first kappa shape index (κ1) is 15.2. The fourth-order valence-corrected chi connectivity index (χ4v) is 2.13. The second-order valence-electron chi connectivity index (χ2n) is 4.72. The highest BCUT2D eigenvalue weighted by atomic mass is 19.3. The predicted molar refractivity (Wildman–Crippen MR) is 71.2 cm³/mol. The Kier molecular flexibility index (Phi) is 5.08. The minimum atomic E-state index is -2.95. The van der Waals surface area contributed by atoms with Gasteiger partial charge in [-0.1, -0.05) is 6.07 Å². The minimum Gasteiger partial charge on any atom is -0.435 e. The first-order valence-corrected chi connectivity index (χ1v) is 6.70. The van der Waals surface area contributed by atoms with Crippen LogP contribution in [0.5, 0.6) is 5.75 Å². The summed E-state index contributed by atoms with van der Waals surface area (Å²) in [5, 5.41) is 5.32. The lowest BCUT2D eigenvalue weighted by Crippen LogP contribution is -2.45. The fourth-order valence-electron chi connectivity index (χ4n) is 2.13. The summed E-state index contributed by atoms with van der Waals surface area (Å²) >= 11 is 0. The van der Waals surface area contributed by atoms with Gasteiger partial charge in [0.1, 0.15) is 11.8 Å². The van der Waals surface area contributed by atoms with E-state index in [1.807, 2.05) is 0 Å². The predicted octanol–water partition coefficient (Wildman–Crippen LogP) is 1.69. The summed E-state index contributed by atoms with van der Waals surface area (Å²) in [5.74, 6) is -0.805. The number of nitrogens with one attached hydrogen (secondary N) is 2. The molecule has 21 heavy (non-hydrogen) atoms. The maximum Gasteiger partial charge on any atom is 0.387 e. The molecule has 1 aromatic rings. The lowest BCUT2D eigenvalue weighted by molar-refractivity contribution is -0.122. The third kappa shape index (κ3) is 4.40. The van der Waals surface area contributed by atoms with Crippen molar-refractivity contribution in [1.29, 1.82) is 0 Å². The van der Waals surface area contributed by atoms with E-state index in [0.29, 0.717) is 13.0 Å². The van der Waals surface area contributed by atoms with E-state index in [1.165, 1.54) is 24.3 Å². The molecule has 0 bridgehead atoms. The molecule has 7 heteroatoms. The molecule has 1 aromatic carbocycles. The second-order valence-corrected chi connectivity index (χ2v) is 4.72. The number of alkyl halides is 2. The van der Waals surface area contributed by atoms with Crippen molar-refractivity contribution in [2.45, 2.75) is 31.9 Å². The third-order valence-corrected chi connectivity index (χ3v) is 3.16. The molecular weight excluding hydrogens is 282 g/mol. The summed E-state index contributed by atoms with van der Waals surface area (Å²) in [6.07, 6.45) is 2.26. The Balaban J connectivity index is 2.03. The largest absolute Gasteiger partial charge is 0.435 e. The molecule has 0 unspecified atom stereocenters. The monoisotopic (exact) mass is 298 g/mol. The van der Waals surface area contributed by atoms with Crippen LogP contribution in [-0.4, -0.2) is 31.0 Å². The van der Waals surface area contributed by atoms with E-state index in [4.69, 9.17) is 0 Å². The van der Waals surface area contributed by atoms with E-state index in [0.717, 1.165) is 12.8 Å².